The number of nitrogens with one attached hydrogen (secondary N) is 2. The molecule has 0 fully saturated rings. The molecule has 2 aromatic heterocycles. The van der Waals surface area contributed by atoms with E-state index in [1.807, 2.05) is 59.3 Å². The molecule has 0 saturated carbocycles. The SMILES string of the molecule is CCn1c(SCC(=O)Nc2cccc(NC(=O)CCc3ccccc3)c2)nnc1-c1cccs1. The summed E-state index contributed by atoms with van der Waals surface area (Å²) in [5.74, 6) is 0.802. The minimum Gasteiger partial charge on any atom is -0.326 e. The zero-order valence-corrected chi connectivity index (χ0v) is 20.4. The molecule has 34 heavy (non-hydrogen) atoms. The highest BCUT2D eigenvalue weighted by Crippen LogP contribution is 2.27. The summed E-state index contributed by atoms with van der Waals surface area (Å²) >= 11 is 2.96. The van der Waals surface area contributed by atoms with Crippen LogP contribution < -0.4 is 10.6 Å². The molecule has 4 aromatic rings. The van der Waals surface area contributed by atoms with Gasteiger partial charge in [0, 0.05) is 24.3 Å². The van der Waals surface area contributed by atoms with Crippen molar-refractivity contribution >= 4 is 46.3 Å². The van der Waals surface area contributed by atoms with Crippen molar-refractivity contribution in [3.8, 4) is 10.7 Å². The molecule has 0 aliphatic carbocycles. The van der Waals surface area contributed by atoms with Crippen molar-refractivity contribution in [1.82, 2.24) is 14.8 Å². The van der Waals surface area contributed by atoms with Crippen LogP contribution in [0.2, 0.25) is 0 Å². The van der Waals surface area contributed by atoms with Crippen molar-refractivity contribution in [3.63, 3.8) is 0 Å². The number of carbonyl (C=O) groups is 2. The van der Waals surface area contributed by atoms with Gasteiger partial charge in [-0.15, -0.1) is 21.5 Å². The van der Waals surface area contributed by atoms with Gasteiger partial charge in [0.2, 0.25) is 11.8 Å². The lowest BCUT2D eigenvalue weighted by atomic mass is 10.1. The first kappa shape index (κ1) is 23.7. The topological polar surface area (TPSA) is 88.9 Å². The number of benzene rings is 2. The molecule has 7 nitrogen and oxygen atoms in total. The van der Waals surface area contributed by atoms with Crippen molar-refractivity contribution in [2.24, 2.45) is 0 Å². The Labute approximate surface area is 206 Å². The Morgan fingerprint density at radius 2 is 1.71 bits per heavy atom. The van der Waals surface area contributed by atoms with Gasteiger partial charge >= 0.3 is 0 Å². The standard InChI is InChI=1S/C25H25N5O2S2/c1-2-30-24(21-12-7-15-33-21)28-29-25(30)34-17-23(32)27-20-11-6-10-19(16-20)26-22(31)14-13-18-8-4-3-5-9-18/h3-12,15-16H,2,13-14,17H2,1H3,(H,26,31)(H,27,32). The fourth-order valence-electron chi connectivity index (χ4n) is 3.40. The molecule has 9 heteroatoms. The van der Waals surface area contributed by atoms with Gasteiger partial charge in [0.15, 0.2) is 11.0 Å². The van der Waals surface area contributed by atoms with Gasteiger partial charge in [-0.3, -0.25) is 9.59 Å². The van der Waals surface area contributed by atoms with Gasteiger partial charge in [0.05, 0.1) is 10.6 Å². The lowest BCUT2D eigenvalue weighted by Crippen LogP contribution is -2.16. The summed E-state index contributed by atoms with van der Waals surface area (Å²) in [6, 6.07) is 21.1. The van der Waals surface area contributed by atoms with Crippen LogP contribution in [0.1, 0.15) is 18.9 Å². The summed E-state index contributed by atoms with van der Waals surface area (Å²) in [5, 5.41) is 17.1. The fourth-order valence-corrected chi connectivity index (χ4v) is 4.92. The Bertz CT molecular complexity index is 1240. The molecule has 0 aliphatic rings. The highest BCUT2D eigenvalue weighted by molar-refractivity contribution is 7.99. The van der Waals surface area contributed by atoms with E-state index in [0.717, 1.165) is 22.8 Å². The molecule has 0 atom stereocenters. The molecule has 2 amide bonds. The lowest BCUT2D eigenvalue weighted by Gasteiger charge is -2.09. The molecule has 2 N–H and O–H groups in total. The molecule has 0 spiro atoms. The second-order valence-electron chi connectivity index (χ2n) is 7.48. The van der Waals surface area contributed by atoms with Gasteiger partial charge in [-0.25, -0.2) is 0 Å². The van der Waals surface area contributed by atoms with Crippen LogP contribution in [-0.4, -0.2) is 32.3 Å². The maximum atomic E-state index is 12.5. The molecular formula is C25H25N5O2S2. The molecule has 0 unspecified atom stereocenters. The second-order valence-corrected chi connectivity index (χ2v) is 9.37. The minimum atomic E-state index is -0.152. The number of rotatable bonds is 10. The van der Waals surface area contributed by atoms with E-state index < -0.39 is 0 Å². The summed E-state index contributed by atoms with van der Waals surface area (Å²) < 4.78 is 2.01. The number of carbonyl (C=O) groups excluding carboxylic acids is 2. The van der Waals surface area contributed by atoms with Crippen molar-refractivity contribution in [1.29, 1.82) is 0 Å². The number of hydrogen-bond donors (Lipinski definition) is 2. The number of anilines is 2. The van der Waals surface area contributed by atoms with Gasteiger partial charge in [-0.2, -0.15) is 0 Å². The first-order chi connectivity index (χ1) is 16.6. The van der Waals surface area contributed by atoms with E-state index >= 15 is 0 Å². The number of aromatic nitrogens is 3. The zero-order chi connectivity index (χ0) is 23.8. The van der Waals surface area contributed by atoms with Gasteiger partial charge in [0.25, 0.3) is 0 Å². The third-order valence-electron chi connectivity index (χ3n) is 5.02. The fraction of sp³-hybridized carbons (Fsp3) is 0.200. The van der Waals surface area contributed by atoms with Crippen molar-refractivity contribution in [2.75, 3.05) is 16.4 Å². The van der Waals surface area contributed by atoms with Crippen LogP contribution in [0.4, 0.5) is 11.4 Å². The quantitative estimate of drug-likeness (QED) is 0.293. The molecule has 0 saturated heterocycles. The Balaban J connectivity index is 1.29. The lowest BCUT2D eigenvalue weighted by molar-refractivity contribution is -0.116. The number of aryl methyl sites for hydroxylation is 1. The van der Waals surface area contributed by atoms with E-state index in [1.54, 1.807) is 35.6 Å². The summed E-state index contributed by atoms with van der Waals surface area (Å²) in [5.41, 5.74) is 2.40. The summed E-state index contributed by atoms with van der Waals surface area (Å²) in [6.07, 6.45) is 1.07. The second kappa shape index (κ2) is 11.6. The molecule has 2 heterocycles. The summed E-state index contributed by atoms with van der Waals surface area (Å²) in [7, 11) is 0. The Morgan fingerprint density at radius 3 is 2.41 bits per heavy atom. The summed E-state index contributed by atoms with van der Waals surface area (Å²) in [4.78, 5) is 25.9. The van der Waals surface area contributed by atoms with Crippen LogP contribution in [0.5, 0.6) is 0 Å². The average molecular weight is 492 g/mol. The predicted molar refractivity (Wildman–Crippen MR) is 138 cm³/mol. The average Bonchev–Trinajstić information content (AvgIpc) is 3.52. The van der Waals surface area contributed by atoms with Crippen molar-refractivity contribution < 1.29 is 9.59 Å². The zero-order valence-electron chi connectivity index (χ0n) is 18.7. The van der Waals surface area contributed by atoms with Gasteiger partial charge in [-0.1, -0.05) is 54.2 Å². The van der Waals surface area contributed by atoms with E-state index in [9.17, 15) is 9.59 Å². The molecular weight excluding hydrogens is 466 g/mol. The third kappa shape index (κ3) is 6.33. The summed E-state index contributed by atoms with van der Waals surface area (Å²) in [6.45, 7) is 2.75. The molecule has 0 bridgehead atoms. The first-order valence-electron chi connectivity index (χ1n) is 11.0. The largest absolute Gasteiger partial charge is 0.326 e. The van der Waals surface area contributed by atoms with Crippen LogP contribution >= 0.6 is 23.1 Å². The molecule has 2 aromatic carbocycles. The normalized spacial score (nSPS) is 10.7. The van der Waals surface area contributed by atoms with Crippen LogP contribution in [0, 0.1) is 0 Å². The maximum absolute atomic E-state index is 12.5. The van der Waals surface area contributed by atoms with Crippen LogP contribution in [-0.2, 0) is 22.6 Å². The third-order valence-corrected chi connectivity index (χ3v) is 6.85. The van der Waals surface area contributed by atoms with Crippen LogP contribution in [0.25, 0.3) is 10.7 Å². The van der Waals surface area contributed by atoms with Crippen molar-refractivity contribution in [3.05, 3.63) is 77.7 Å². The van der Waals surface area contributed by atoms with E-state index in [4.69, 9.17) is 0 Å². The molecule has 0 radical (unpaired) electrons. The van der Waals surface area contributed by atoms with E-state index in [1.165, 1.54) is 11.8 Å². The van der Waals surface area contributed by atoms with Crippen molar-refractivity contribution in [2.45, 2.75) is 31.5 Å². The Kier molecular flexibility index (Phi) is 8.11. The van der Waals surface area contributed by atoms with Gasteiger partial charge < -0.3 is 15.2 Å². The van der Waals surface area contributed by atoms with Crippen LogP contribution in [0.15, 0.2) is 77.3 Å². The van der Waals surface area contributed by atoms with Gasteiger partial charge in [-0.05, 0) is 48.6 Å². The molecule has 174 valence electrons. The monoisotopic (exact) mass is 491 g/mol. The predicted octanol–water partition coefficient (Wildman–Crippen LogP) is 5.33. The Morgan fingerprint density at radius 1 is 0.941 bits per heavy atom. The Hall–Kier alpha value is -3.43. The highest BCUT2D eigenvalue weighted by Gasteiger charge is 2.15. The smallest absolute Gasteiger partial charge is 0.234 e. The number of amides is 2. The number of thiophene rings is 1. The number of hydrogen-bond acceptors (Lipinski definition) is 6. The van der Waals surface area contributed by atoms with Crippen LogP contribution in [0.3, 0.4) is 0 Å². The first-order valence-corrected chi connectivity index (χ1v) is 12.8. The highest BCUT2D eigenvalue weighted by atomic mass is 32.2. The van der Waals surface area contributed by atoms with Gasteiger partial charge in [0.1, 0.15) is 0 Å². The number of thioether (sulfide) groups is 1. The molecule has 4 rings (SSSR count). The van der Waals surface area contributed by atoms with E-state index in [2.05, 4.69) is 20.8 Å². The minimum absolute atomic E-state index is 0.0664. The van der Waals surface area contributed by atoms with E-state index in [-0.39, 0.29) is 17.6 Å². The molecule has 0 aliphatic heterocycles. The maximum Gasteiger partial charge on any atom is 0.234 e. The number of nitrogens with zero attached hydrogens (tertiary/aromatic N) is 3. The van der Waals surface area contributed by atoms with E-state index in [0.29, 0.717) is 29.4 Å².